The van der Waals surface area contributed by atoms with E-state index in [0.29, 0.717) is 18.3 Å². The third-order valence-electron chi connectivity index (χ3n) is 4.07. The fourth-order valence-electron chi connectivity index (χ4n) is 2.76. The molecular weight excluding hydrogens is 272 g/mol. The van der Waals surface area contributed by atoms with Crippen molar-refractivity contribution in [1.29, 1.82) is 0 Å². The van der Waals surface area contributed by atoms with Crippen LogP contribution in [0.5, 0.6) is 0 Å². The average molecular weight is 296 g/mol. The molecule has 20 heavy (non-hydrogen) atoms. The molecule has 1 aliphatic carbocycles. The van der Waals surface area contributed by atoms with Crippen LogP contribution in [0.1, 0.15) is 61.8 Å². The van der Waals surface area contributed by atoms with Gasteiger partial charge >= 0.3 is 5.97 Å². The summed E-state index contributed by atoms with van der Waals surface area (Å²) in [7, 11) is 0. The van der Waals surface area contributed by atoms with Crippen LogP contribution >= 0.6 is 11.3 Å². The van der Waals surface area contributed by atoms with Crippen molar-refractivity contribution in [3.8, 4) is 0 Å². The van der Waals surface area contributed by atoms with Crippen LogP contribution in [0.4, 0.5) is 5.13 Å². The molecule has 0 aromatic carbocycles. The Kier molecular flexibility index (Phi) is 4.68. The second kappa shape index (κ2) is 6.12. The van der Waals surface area contributed by atoms with E-state index in [2.05, 4.69) is 24.1 Å². The quantitative estimate of drug-likeness (QED) is 0.853. The van der Waals surface area contributed by atoms with Gasteiger partial charge < -0.3 is 10.1 Å². The zero-order valence-electron chi connectivity index (χ0n) is 12.8. The molecule has 0 amide bonds. The van der Waals surface area contributed by atoms with E-state index in [1.165, 1.54) is 37.0 Å². The maximum absolute atomic E-state index is 11.8. The fourth-order valence-corrected chi connectivity index (χ4v) is 3.61. The molecule has 1 fully saturated rings. The lowest BCUT2D eigenvalue weighted by Gasteiger charge is -2.38. The Labute approximate surface area is 124 Å². The molecule has 1 aliphatic rings. The minimum Gasteiger partial charge on any atom is -0.461 e. The summed E-state index contributed by atoms with van der Waals surface area (Å²) in [6.45, 7) is 8.71. The minimum atomic E-state index is -0.322. The van der Waals surface area contributed by atoms with E-state index >= 15 is 0 Å². The van der Waals surface area contributed by atoms with E-state index < -0.39 is 0 Å². The topological polar surface area (TPSA) is 51.2 Å². The number of esters is 1. The van der Waals surface area contributed by atoms with Gasteiger partial charge in [-0.05, 0) is 32.1 Å². The van der Waals surface area contributed by atoms with Crippen LogP contribution in [0.2, 0.25) is 0 Å². The van der Waals surface area contributed by atoms with Gasteiger partial charge in [0.1, 0.15) is 0 Å². The predicted molar refractivity (Wildman–Crippen MR) is 82.5 cm³/mol. The van der Waals surface area contributed by atoms with Crippen LogP contribution in [0.25, 0.3) is 0 Å². The Hall–Kier alpha value is -1.10. The van der Waals surface area contributed by atoms with Gasteiger partial charge in [-0.15, -0.1) is 11.3 Å². The van der Waals surface area contributed by atoms with E-state index in [4.69, 9.17) is 4.74 Å². The number of aromatic nitrogens is 1. The lowest BCUT2D eigenvalue weighted by molar-refractivity contribution is 0.0519. The first-order chi connectivity index (χ1) is 9.44. The number of hydrogen-bond acceptors (Lipinski definition) is 5. The van der Waals surface area contributed by atoms with Crippen LogP contribution < -0.4 is 5.32 Å². The highest BCUT2D eigenvalue weighted by Gasteiger charge is 2.33. The predicted octanol–water partition coefficient (Wildman–Crippen LogP) is 4.01. The van der Waals surface area contributed by atoms with Gasteiger partial charge in [0.25, 0.3) is 0 Å². The number of nitrogens with one attached hydrogen (secondary N) is 1. The van der Waals surface area contributed by atoms with Crippen LogP contribution in [-0.2, 0) is 4.74 Å². The van der Waals surface area contributed by atoms with Crippen molar-refractivity contribution in [2.75, 3.05) is 11.9 Å². The highest BCUT2D eigenvalue weighted by molar-refractivity contribution is 7.15. The Balaban J connectivity index is 2.10. The van der Waals surface area contributed by atoms with E-state index in [-0.39, 0.29) is 11.4 Å². The summed E-state index contributed by atoms with van der Waals surface area (Å²) in [6.07, 6.45) is 4.96. The van der Waals surface area contributed by atoms with Gasteiger partial charge in [0, 0.05) is 10.9 Å². The van der Waals surface area contributed by atoms with Gasteiger partial charge in [-0.1, -0.05) is 26.7 Å². The molecule has 0 aliphatic heterocycles. The number of ether oxygens (including phenoxy) is 1. The third-order valence-corrected chi connectivity index (χ3v) is 4.97. The molecule has 1 heterocycles. The number of carbonyl (C=O) groups excluding carboxylic acids is 1. The normalized spacial score (nSPS) is 21.5. The smallest absolute Gasteiger partial charge is 0.358 e. The standard InChI is InChI=1S/C15H24N2O2S/c1-5-19-13(18)12-10(2)20-14(17-12)16-11-8-6-7-9-15(11,3)4/h11H,5-9H2,1-4H3,(H,16,17). The third kappa shape index (κ3) is 3.32. The number of anilines is 1. The first-order valence-corrected chi connectivity index (χ1v) is 8.17. The Morgan fingerprint density at radius 2 is 2.25 bits per heavy atom. The molecule has 2 rings (SSSR count). The van der Waals surface area contributed by atoms with Crippen LogP contribution in [-0.4, -0.2) is 23.6 Å². The molecule has 1 aromatic rings. The molecule has 112 valence electrons. The van der Waals surface area contributed by atoms with Crippen molar-refractivity contribution in [2.24, 2.45) is 5.41 Å². The van der Waals surface area contributed by atoms with Crippen molar-refractivity contribution in [3.63, 3.8) is 0 Å². The summed E-state index contributed by atoms with van der Waals surface area (Å²) >= 11 is 1.54. The summed E-state index contributed by atoms with van der Waals surface area (Å²) in [5, 5.41) is 4.37. The van der Waals surface area contributed by atoms with Gasteiger partial charge in [0.05, 0.1) is 6.61 Å². The summed E-state index contributed by atoms with van der Waals surface area (Å²) in [5.74, 6) is -0.322. The van der Waals surface area contributed by atoms with Gasteiger partial charge in [0.15, 0.2) is 10.8 Å². The van der Waals surface area contributed by atoms with E-state index in [1.54, 1.807) is 0 Å². The van der Waals surface area contributed by atoms with Crippen molar-refractivity contribution < 1.29 is 9.53 Å². The summed E-state index contributed by atoms with van der Waals surface area (Å²) < 4.78 is 5.03. The largest absolute Gasteiger partial charge is 0.461 e. The lowest BCUT2D eigenvalue weighted by atomic mass is 9.73. The van der Waals surface area contributed by atoms with Crippen LogP contribution in [0, 0.1) is 12.3 Å². The molecule has 1 N–H and O–H groups in total. The Morgan fingerprint density at radius 3 is 2.90 bits per heavy atom. The maximum Gasteiger partial charge on any atom is 0.358 e. The Bertz CT molecular complexity index is 482. The molecule has 0 radical (unpaired) electrons. The highest BCUT2D eigenvalue weighted by Crippen LogP contribution is 2.38. The average Bonchev–Trinajstić information content (AvgIpc) is 2.73. The minimum absolute atomic E-state index is 0.280. The second-order valence-electron chi connectivity index (χ2n) is 6.08. The zero-order chi connectivity index (χ0) is 14.8. The van der Waals surface area contributed by atoms with Crippen LogP contribution in [0.3, 0.4) is 0 Å². The number of nitrogens with zero attached hydrogens (tertiary/aromatic N) is 1. The summed E-state index contributed by atoms with van der Waals surface area (Å²) in [4.78, 5) is 17.1. The molecule has 1 saturated carbocycles. The monoisotopic (exact) mass is 296 g/mol. The number of thiazole rings is 1. The van der Waals surface area contributed by atoms with E-state index in [0.717, 1.165) is 10.0 Å². The Morgan fingerprint density at radius 1 is 1.50 bits per heavy atom. The summed E-state index contributed by atoms with van der Waals surface area (Å²) in [5.41, 5.74) is 0.731. The van der Waals surface area contributed by atoms with E-state index in [9.17, 15) is 4.79 Å². The SMILES string of the molecule is CCOC(=O)c1nc(NC2CCCCC2(C)C)sc1C. The van der Waals surface area contributed by atoms with Crippen molar-refractivity contribution in [2.45, 2.75) is 59.4 Å². The van der Waals surface area contributed by atoms with Gasteiger partial charge in [-0.25, -0.2) is 9.78 Å². The van der Waals surface area contributed by atoms with Crippen molar-refractivity contribution in [3.05, 3.63) is 10.6 Å². The number of aryl methyl sites for hydroxylation is 1. The highest BCUT2D eigenvalue weighted by atomic mass is 32.1. The zero-order valence-corrected chi connectivity index (χ0v) is 13.6. The number of carbonyl (C=O) groups is 1. The molecular formula is C15H24N2O2S. The first kappa shape index (κ1) is 15.3. The van der Waals surface area contributed by atoms with Crippen LogP contribution in [0.15, 0.2) is 0 Å². The van der Waals surface area contributed by atoms with E-state index in [1.807, 2.05) is 13.8 Å². The summed E-state index contributed by atoms with van der Waals surface area (Å²) in [6, 6.07) is 0.428. The molecule has 1 atom stereocenters. The second-order valence-corrected chi connectivity index (χ2v) is 7.28. The lowest BCUT2D eigenvalue weighted by Crippen LogP contribution is -2.38. The molecule has 1 aromatic heterocycles. The molecule has 5 heteroatoms. The van der Waals surface area contributed by atoms with Crippen molar-refractivity contribution >= 4 is 22.4 Å². The van der Waals surface area contributed by atoms with Gasteiger partial charge in [0.2, 0.25) is 0 Å². The van der Waals surface area contributed by atoms with Gasteiger partial charge in [-0.2, -0.15) is 0 Å². The first-order valence-electron chi connectivity index (χ1n) is 7.35. The molecule has 0 bridgehead atoms. The molecule has 0 spiro atoms. The molecule has 0 saturated heterocycles. The van der Waals surface area contributed by atoms with Gasteiger partial charge in [-0.3, -0.25) is 0 Å². The molecule has 1 unspecified atom stereocenters. The molecule has 4 nitrogen and oxygen atoms in total. The fraction of sp³-hybridized carbons (Fsp3) is 0.733. The number of hydrogen-bond donors (Lipinski definition) is 1. The van der Waals surface area contributed by atoms with Crippen molar-refractivity contribution in [1.82, 2.24) is 4.98 Å². The number of rotatable bonds is 4. The maximum atomic E-state index is 11.8.